The minimum absolute atomic E-state index is 0.00154. The number of ether oxygens (including phenoxy) is 1. The van der Waals surface area contributed by atoms with Crippen molar-refractivity contribution in [2.24, 2.45) is 0 Å². The molecule has 0 saturated carbocycles. The van der Waals surface area contributed by atoms with Crippen molar-refractivity contribution in [3.05, 3.63) is 80.0 Å². The lowest BCUT2D eigenvalue weighted by molar-refractivity contribution is -0.117. The van der Waals surface area contributed by atoms with Gasteiger partial charge in [-0.1, -0.05) is 35.1 Å². The minimum Gasteiger partial charge on any atom is -0.503 e. The van der Waals surface area contributed by atoms with E-state index >= 15 is 0 Å². The van der Waals surface area contributed by atoms with Crippen LogP contribution in [0.2, 0.25) is 5.02 Å². The summed E-state index contributed by atoms with van der Waals surface area (Å²) in [4.78, 5) is 37.8. The molecular formula is C25H20ClN3O4S2. The van der Waals surface area contributed by atoms with Crippen molar-refractivity contribution < 1.29 is 19.4 Å². The van der Waals surface area contributed by atoms with Crippen LogP contribution in [0.15, 0.2) is 53.8 Å². The van der Waals surface area contributed by atoms with Crippen LogP contribution in [0, 0.1) is 13.8 Å². The molecule has 0 fully saturated rings. The summed E-state index contributed by atoms with van der Waals surface area (Å²) in [7, 11) is 0. The van der Waals surface area contributed by atoms with Crippen molar-refractivity contribution in [2.75, 3.05) is 11.5 Å². The van der Waals surface area contributed by atoms with E-state index in [4.69, 9.17) is 16.3 Å². The monoisotopic (exact) mass is 525 g/mol. The Morgan fingerprint density at radius 2 is 1.89 bits per heavy atom. The molecule has 1 unspecified atom stereocenters. The number of fused-ring (bicyclic) bond motifs is 1. The van der Waals surface area contributed by atoms with Gasteiger partial charge in [0.15, 0.2) is 10.9 Å². The number of hydrogen-bond donors (Lipinski definition) is 1. The van der Waals surface area contributed by atoms with Gasteiger partial charge in [-0.15, -0.1) is 11.3 Å². The number of thiazole rings is 2. The van der Waals surface area contributed by atoms with Gasteiger partial charge in [0.2, 0.25) is 5.78 Å². The third-order valence-electron chi connectivity index (χ3n) is 5.61. The summed E-state index contributed by atoms with van der Waals surface area (Å²) in [5.41, 5.74) is 1.87. The van der Waals surface area contributed by atoms with E-state index in [1.54, 1.807) is 31.2 Å². The van der Waals surface area contributed by atoms with Crippen LogP contribution < -0.4 is 9.64 Å². The summed E-state index contributed by atoms with van der Waals surface area (Å²) in [5, 5.41) is 12.6. The standard InChI is InChI=1S/C25H20ClN3O4S2/c1-4-33-16-9-10-17-18(11-16)35-25(28-17)29-20(14-5-7-15(26)8-6-14)19(22(31)24(29)32)21(30)23-12(2)27-13(3)34-23/h5-11,20,31H,4H2,1-3H3. The zero-order chi connectivity index (χ0) is 24.9. The van der Waals surface area contributed by atoms with Crippen LogP contribution in [-0.2, 0) is 4.79 Å². The largest absolute Gasteiger partial charge is 0.503 e. The molecule has 2 aromatic heterocycles. The first-order valence-corrected chi connectivity index (χ1v) is 12.8. The number of hydrogen-bond acceptors (Lipinski definition) is 8. The number of ketones is 1. The number of aromatic nitrogens is 2. The van der Waals surface area contributed by atoms with Crippen molar-refractivity contribution in [1.29, 1.82) is 0 Å². The van der Waals surface area contributed by atoms with Gasteiger partial charge in [0, 0.05) is 5.02 Å². The van der Waals surface area contributed by atoms with E-state index in [0.29, 0.717) is 44.2 Å². The van der Waals surface area contributed by atoms with Gasteiger partial charge in [0.05, 0.1) is 44.0 Å². The number of anilines is 1. The molecule has 2 aromatic carbocycles. The number of aryl methyl sites for hydroxylation is 2. The number of aliphatic hydroxyl groups excluding tert-OH is 1. The van der Waals surface area contributed by atoms with Crippen molar-refractivity contribution >= 4 is 61.3 Å². The predicted octanol–water partition coefficient (Wildman–Crippen LogP) is 6.20. The maximum absolute atomic E-state index is 13.7. The molecule has 1 aliphatic heterocycles. The minimum atomic E-state index is -0.874. The number of halogens is 1. The Morgan fingerprint density at radius 1 is 1.14 bits per heavy atom. The fourth-order valence-electron chi connectivity index (χ4n) is 4.11. The quantitative estimate of drug-likeness (QED) is 0.301. The Bertz CT molecular complexity index is 1510. The van der Waals surface area contributed by atoms with Crippen molar-refractivity contribution in [2.45, 2.75) is 26.8 Å². The summed E-state index contributed by atoms with van der Waals surface area (Å²) in [5.74, 6) is -1.00. The summed E-state index contributed by atoms with van der Waals surface area (Å²) < 4.78 is 6.41. The lowest BCUT2D eigenvalue weighted by atomic mass is 9.95. The van der Waals surface area contributed by atoms with Crippen LogP contribution in [0.3, 0.4) is 0 Å². The number of amides is 1. The maximum atomic E-state index is 13.7. The SMILES string of the molecule is CCOc1ccc2nc(N3C(=O)C(O)=C(C(=O)c4sc(C)nc4C)C3c3ccc(Cl)cc3)sc2c1. The van der Waals surface area contributed by atoms with Crippen LogP contribution in [0.5, 0.6) is 5.75 Å². The second-order valence-corrected chi connectivity index (χ2v) is 10.6. The molecule has 10 heteroatoms. The summed E-state index contributed by atoms with van der Waals surface area (Å²) in [6, 6.07) is 11.5. The molecular weight excluding hydrogens is 506 g/mol. The molecule has 1 aliphatic rings. The molecule has 1 amide bonds. The van der Waals surface area contributed by atoms with Gasteiger partial charge >= 0.3 is 0 Å². The molecule has 0 bridgehead atoms. The average molecular weight is 526 g/mol. The number of benzene rings is 2. The van der Waals surface area contributed by atoms with E-state index in [1.807, 2.05) is 32.0 Å². The molecule has 0 saturated heterocycles. The lowest BCUT2D eigenvalue weighted by Gasteiger charge is -2.24. The van der Waals surface area contributed by atoms with Gasteiger partial charge in [0.1, 0.15) is 5.75 Å². The van der Waals surface area contributed by atoms with E-state index in [2.05, 4.69) is 9.97 Å². The third-order valence-corrected chi connectivity index (χ3v) is 7.96. The van der Waals surface area contributed by atoms with Gasteiger partial charge in [0.25, 0.3) is 5.91 Å². The van der Waals surface area contributed by atoms with Crippen molar-refractivity contribution in [3.8, 4) is 5.75 Å². The van der Waals surface area contributed by atoms with E-state index < -0.39 is 23.5 Å². The Labute approximate surface area is 214 Å². The molecule has 5 rings (SSSR count). The van der Waals surface area contributed by atoms with Crippen molar-refractivity contribution in [1.82, 2.24) is 9.97 Å². The van der Waals surface area contributed by atoms with Crippen LogP contribution in [0.1, 0.15) is 38.9 Å². The van der Waals surface area contributed by atoms with E-state index in [9.17, 15) is 14.7 Å². The topological polar surface area (TPSA) is 92.6 Å². The normalized spacial score (nSPS) is 15.9. The fourth-order valence-corrected chi connectivity index (χ4v) is 6.13. The molecule has 4 aromatic rings. The highest BCUT2D eigenvalue weighted by Gasteiger charge is 2.46. The molecule has 1 N–H and O–H groups in total. The van der Waals surface area contributed by atoms with Crippen LogP contribution in [0.25, 0.3) is 10.2 Å². The average Bonchev–Trinajstić information content (AvgIpc) is 3.47. The number of aliphatic hydroxyl groups is 1. The second kappa shape index (κ2) is 9.07. The lowest BCUT2D eigenvalue weighted by Crippen LogP contribution is -2.30. The van der Waals surface area contributed by atoms with E-state index in [0.717, 1.165) is 9.71 Å². The first-order valence-electron chi connectivity index (χ1n) is 10.8. The molecule has 0 radical (unpaired) electrons. The first kappa shape index (κ1) is 23.5. The van der Waals surface area contributed by atoms with Crippen LogP contribution in [-0.4, -0.2) is 33.4 Å². The number of nitrogens with zero attached hydrogens (tertiary/aromatic N) is 3. The zero-order valence-electron chi connectivity index (χ0n) is 19.0. The number of carbonyl (C=O) groups excluding carboxylic acids is 2. The number of Topliss-reactive ketones (excluding diaryl/α,β-unsaturated/α-hetero) is 1. The molecule has 3 heterocycles. The first-order chi connectivity index (χ1) is 16.8. The number of carbonyl (C=O) groups is 2. The Kier molecular flexibility index (Phi) is 6.08. The second-order valence-electron chi connectivity index (χ2n) is 7.93. The van der Waals surface area contributed by atoms with Crippen LogP contribution >= 0.6 is 34.3 Å². The maximum Gasteiger partial charge on any atom is 0.296 e. The summed E-state index contributed by atoms with van der Waals surface area (Å²) in [6.45, 7) is 5.98. The molecule has 7 nitrogen and oxygen atoms in total. The third kappa shape index (κ3) is 4.09. The molecule has 1 atom stereocenters. The highest BCUT2D eigenvalue weighted by atomic mass is 35.5. The molecule has 35 heavy (non-hydrogen) atoms. The Morgan fingerprint density at radius 3 is 2.54 bits per heavy atom. The smallest absolute Gasteiger partial charge is 0.296 e. The van der Waals surface area contributed by atoms with E-state index in [-0.39, 0.29) is 5.57 Å². The predicted molar refractivity (Wildman–Crippen MR) is 138 cm³/mol. The zero-order valence-corrected chi connectivity index (χ0v) is 21.4. The van der Waals surface area contributed by atoms with Gasteiger partial charge in [-0.2, -0.15) is 0 Å². The van der Waals surface area contributed by atoms with Crippen molar-refractivity contribution in [3.63, 3.8) is 0 Å². The summed E-state index contributed by atoms with van der Waals surface area (Å²) >= 11 is 8.63. The number of rotatable bonds is 6. The molecule has 0 aliphatic carbocycles. The highest BCUT2D eigenvalue weighted by Crippen LogP contribution is 2.45. The van der Waals surface area contributed by atoms with Gasteiger partial charge < -0.3 is 9.84 Å². The fraction of sp³-hybridized carbons (Fsp3) is 0.200. The van der Waals surface area contributed by atoms with Gasteiger partial charge in [-0.3, -0.25) is 14.5 Å². The Balaban J connectivity index is 1.65. The van der Waals surface area contributed by atoms with Crippen LogP contribution in [0.4, 0.5) is 5.13 Å². The molecule has 178 valence electrons. The Hall–Kier alpha value is -3.27. The molecule has 0 spiro atoms. The highest BCUT2D eigenvalue weighted by molar-refractivity contribution is 7.22. The summed E-state index contributed by atoms with van der Waals surface area (Å²) in [6.07, 6.45) is 0. The van der Waals surface area contributed by atoms with Gasteiger partial charge in [-0.25, -0.2) is 9.97 Å². The van der Waals surface area contributed by atoms with E-state index in [1.165, 1.54) is 27.6 Å². The van der Waals surface area contributed by atoms with Gasteiger partial charge in [-0.05, 0) is 56.7 Å².